The average Bonchev–Trinajstić information content (AvgIpc) is 3.99. The van der Waals surface area contributed by atoms with Crippen LogP contribution in [0.5, 0.6) is 0 Å². The largest absolute Gasteiger partial charge is 0.444 e. The SMILES string of the molecule is CC(C)(C)OC(=O)NCc1ccnc(C2(NC(=O)C3(NC(=O)c4cnc5n4[C@](C)(Cc4ccc(N)cc4)C(=O)N5c4cc(Cl)cc(Cl)c4)CC3)CC2)c1. The maximum absolute atomic E-state index is 14.4. The number of alkyl carbamates (subject to hydrolysis) is 1. The second-order valence-electron chi connectivity index (χ2n) is 15.2. The summed E-state index contributed by atoms with van der Waals surface area (Å²) < 4.78 is 6.95. The molecule has 0 radical (unpaired) electrons. The molecular formula is C38H40Cl2N8O5. The third-order valence-corrected chi connectivity index (χ3v) is 10.2. The number of aromatic nitrogens is 3. The highest BCUT2D eigenvalue weighted by molar-refractivity contribution is 6.35. The number of halogens is 2. The van der Waals surface area contributed by atoms with E-state index in [4.69, 9.17) is 33.7 Å². The fourth-order valence-electron chi connectivity index (χ4n) is 6.72. The van der Waals surface area contributed by atoms with Crippen LogP contribution in [0.1, 0.15) is 80.7 Å². The molecule has 3 aliphatic rings. The molecule has 0 unspecified atom stereocenters. The first kappa shape index (κ1) is 36.2. The molecule has 0 saturated heterocycles. The zero-order valence-electron chi connectivity index (χ0n) is 29.8. The lowest BCUT2D eigenvalue weighted by atomic mass is 9.91. The first-order valence-electron chi connectivity index (χ1n) is 17.3. The molecular weight excluding hydrogens is 719 g/mol. The zero-order valence-corrected chi connectivity index (χ0v) is 31.3. The fraction of sp³-hybridized carbons (Fsp3) is 0.368. The van der Waals surface area contributed by atoms with Crippen molar-refractivity contribution in [2.75, 3.05) is 10.6 Å². The van der Waals surface area contributed by atoms with Gasteiger partial charge in [0.1, 0.15) is 22.4 Å². The number of fused-ring (bicyclic) bond motifs is 1. The minimum absolute atomic E-state index is 0.119. The number of carbonyl (C=O) groups excluding carboxylic acids is 4. The van der Waals surface area contributed by atoms with Gasteiger partial charge in [-0.05, 0) is 107 Å². The van der Waals surface area contributed by atoms with E-state index in [1.54, 1.807) is 74.9 Å². The van der Waals surface area contributed by atoms with Crippen molar-refractivity contribution in [3.8, 4) is 0 Å². The molecule has 276 valence electrons. The van der Waals surface area contributed by atoms with Gasteiger partial charge in [-0.15, -0.1) is 0 Å². The number of benzene rings is 2. The van der Waals surface area contributed by atoms with Crippen LogP contribution in [-0.2, 0) is 38.4 Å². The molecule has 7 rings (SSSR count). The number of imidazole rings is 1. The molecule has 4 aromatic rings. The normalized spacial score (nSPS) is 19.3. The van der Waals surface area contributed by atoms with Gasteiger partial charge < -0.3 is 26.4 Å². The van der Waals surface area contributed by atoms with E-state index < -0.39 is 34.2 Å². The summed E-state index contributed by atoms with van der Waals surface area (Å²) in [6.45, 7) is 7.36. The Hall–Kier alpha value is -5.14. The highest BCUT2D eigenvalue weighted by Crippen LogP contribution is 2.48. The quantitative estimate of drug-likeness (QED) is 0.145. The Bertz CT molecular complexity index is 2120. The molecule has 2 saturated carbocycles. The number of pyridine rings is 1. The maximum Gasteiger partial charge on any atom is 0.407 e. The van der Waals surface area contributed by atoms with Crippen LogP contribution < -0.4 is 26.6 Å². The van der Waals surface area contributed by atoms with Crippen molar-refractivity contribution in [2.24, 2.45) is 0 Å². The molecule has 1 atom stereocenters. The number of ether oxygens (including phenoxy) is 1. The molecule has 2 aromatic heterocycles. The molecule has 5 N–H and O–H groups in total. The number of nitrogens with two attached hydrogens (primary N) is 1. The van der Waals surface area contributed by atoms with Gasteiger partial charge in [0, 0.05) is 34.9 Å². The Morgan fingerprint density at radius 3 is 2.23 bits per heavy atom. The maximum atomic E-state index is 14.4. The number of carbonyl (C=O) groups is 4. The predicted octanol–water partition coefficient (Wildman–Crippen LogP) is 5.90. The van der Waals surface area contributed by atoms with Crippen LogP contribution in [0, 0.1) is 0 Å². The molecule has 2 aromatic carbocycles. The predicted molar refractivity (Wildman–Crippen MR) is 200 cm³/mol. The van der Waals surface area contributed by atoms with E-state index in [0.717, 1.165) is 11.1 Å². The van der Waals surface area contributed by atoms with E-state index in [-0.39, 0.29) is 36.4 Å². The molecule has 3 heterocycles. The Balaban J connectivity index is 1.12. The highest BCUT2D eigenvalue weighted by atomic mass is 35.5. The lowest BCUT2D eigenvalue weighted by molar-refractivity contribution is -0.125. The average molecular weight is 760 g/mol. The van der Waals surface area contributed by atoms with E-state index in [0.29, 0.717) is 52.8 Å². The van der Waals surface area contributed by atoms with Crippen molar-refractivity contribution >= 4 is 64.3 Å². The Labute approximate surface area is 316 Å². The zero-order chi connectivity index (χ0) is 37.9. The molecule has 13 nitrogen and oxygen atoms in total. The monoisotopic (exact) mass is 758 g/mol. The van der Waals surface area contributed by atoms with Crippen LogP contribution in [-0.4, -0.2) is 49.5 Å². The summed E-state index contributed by atoms with van der Waals surface area (Å²) in [4.78, 5) is 65.2. The van der Waals surface area contributed by atoms with E-state index in [1.165, 1.54) is 11.1 Å². The third kappa shape index (κ3) is 7.15. The van der Waals surface area contributed by atoms with E-state index >= 15 is 0 Å². The van der Waals surface area contributed by atoms with Crippen LogP contribution in [0.3, 0.4) is 0 Å². The highest BCUT2D eigenvalue weighted by Gasteiger charge is 2.57. The third-order valence-electron chi connectivity index (χ3n) is 9.76. The standard InChI is InChI=1S/C38H40Cl2N8O5/c1-35(2,3)53-34(52)44-20-23-9-14-42-29(15-23)37(10-11-37)46-31(50)38(12-13-38)45-30(49)28-21-43-33-47(27-17-24(39)16-25(40)18-27)32(51)36(4,48(28)33)19-22-5-7-26(41)8-6-22/h5-9,14-18,21H,10-13,19-20,41H2,1-4H3,(H,44,52)(H,45,49)(H,46,50)/t36-/m1/s1. The minimum atomic E-state index is -1.30. The van der Waals surface area contributed by atoms with Gasteiger partial charge >= 0.3 is 6.09 Å². The first-order chi connectivity index (χ1) is 25.0. The lowest BCUT2D eigenvalue weighted by Gasteiger charge is -2.27. The minimum Gasteiger partial charge on any atom is -0.444 e. The lowest BCUT2D eigenvalue weighted by Crippen LogP contribution is -2.52. The second-order valence-corrected chi connectivity index (χ2v) is 16.1. The van der Waals surface area contributed by atoms with Crippen molar-refractivity contribution in [3.63, 3.8) is 0 Å². The van der Waals surface area contributed by atoms with Crippen molar-refractivity contribution < 1.29 is 23.9 Å². The summed E-state index contributed by atoms with van der Waals surface area (Å²) in [7, 11) is 0. The van der Waals surface area contributed by atoms with Crippen LogP contribution in [0.15, 0.2) is 67.0 Å². The number of rotatable bonds is 10. The number of nitrogens with one attached hydrogen (secondary N) is 3. The summed E-state index contributed by atoms with van der Waals surface area (Å²) >= 11 is 12.7. The van der Waals surface area contributed by atoms with Crippen LogP contribution in [0.2, 0.25) is 10.0 Å². The molecule has 1 aliphatic heterocycles. The molecule has 2 fully saturated rings. The number of amides is 4. The molecule has 0 bridgehead atoms. The Morgan fingerprint density at radius 1 is 0.925 bits per heavy atom. The summed E-state index contributed by atoms with van der Waals surface area (Å²) in [6.07, 6.45) is 4.95. The summed E-state index contributed by atoms with van der Waals surface area (Å²) in [5.74, 6) is -0.985. The van der Waals surface area contributed by atoms with Gasteiger partial charge in [-0.1, -0.05) is 35.3 Å². The molecule has 4 amide bonds. The molecule has 2 aliphatic carbocycles. The number of nitrogens with zero attached hydrogens (tertiary/aromatic N) is 4. The summed E-state index contributed by atoms with van der Waals surface area (Å²) in [6, 6.07) is 15.6. The van der Waals surface area contributed by atoms with Crippen LogP contribution in [0.4, 0.5) is 22.1 Å². The number of hydrogen-bond donors (Lipinski definition) is 4. The smallest absolute Gasteiger partial charge is 0.407 e. The molecule has 53 heavy (non-hydrogen) atoms. The van der Waals surface area contributed by atoms with Gasteiger partial charge in [-0.25, -0.2) is 14.7 Å². The van der Waals surface area contributed by atoms with Crippen LogP contribution >= 0.6 is 23.2 Å². The van der Waals surface area contributed by atoms with E-state index in [1.807, 2.05) is 18.2 Å². The van der Waals surface area contributed by atoms with E-state index in [2.05, 4.69) is 25.9 Å². The van der Waals surface area contributed by atoms with E-state index in [9.17, 15) is 19.2 Å². The van der Waals surface area contributed by atoms with Gasteiger partial charge in [-0.3, -0.25) is 23.9 Å². The number of nitrogen functional groups attached to an aromatic ring is 1. The van der Waals surface area contributed by atoms with Crippen molar-refractivity contribution in [3.05, 3.63) is 99.6 Å². The van der Waals surface area contributed by atoms with Gasteiger partial charge in [0.15, 0.2) is 0 Å². The van der Waals surface area contributed by atoms with Crippen molar-refractivity contribution in [1.82, 2.24) is 30.5 Å². The van der Waals surface area contributed by atoms with Gasteiger partial charge in [-0.2, -0.15) is 0 Å². The Kier molecular flexibility index (Phi) is 8.93. The van der Waals surface area contributed by atoms with Gasteiger partial charge in [0.2, 0.25) is 11.9 Å². The van der Waals surface area contributed by atoms with Crippen LogP contribution in [0.25, 0.3) is 0 Å². The van der Waals surface area contributed by atoms with Gasteiger partial charge in [0.25, 0.3) is 11.8 Å². The topological polar surface area (TPSA) is 174 Å². The first-order valence-corrected chi connectivity index (χ1v) is 18.1. The van der Waals surface area contributed by atoms with Crippen molar-refractivity contribution in [1.29, 1.82) is 0 Å². The Morgan fingerprint density at radius 2 is 1.60 bits per heavy atom. The summed E-state index contributed by atoms with van der Waals surface area (Å²) in [5.41, 5.74) is 5.56. The number of hydrogen-bond acceptors (Lipinski definition) is 8. The molecule has 0 spiro atoms. The second kappa shape index (κ2) is 13.1. The summed E-state index contributed by atoms with van der Waals surface area (Å²) in [5, 5.41) is 9.56. The van der Waals surface area contributed by atoms with Crippen molar-refractivity contribution in [2.45, 2.75) is 88.6 Å². The van der Waals surface area contributed by atoms with Gasteiger partial charge in [0.05, 0.1) is 23.1 Å². The number of anilines is 3. The molecule has 15 heteroatoms. The fourth-order valence-corrected chi connectivity index (χ4v) is 7.23.